The number of carbonyl (C=O) groups excluding carboxylic acids is 1. The van der Waals surface area contributed by atoms with Crippen LogP contribution in [0.15, 0.2) is 24.3 Å². The number of methoxy groups -OCH3 is 1. The molecular weight excluding hydrogens is 284 g/mol. The molecular formula is C16H24N2O4. The largest absolute Gasteiger partial charge is 0.496 e. The van der Waals surface area contributed by atoms with Crippen LogP contribution in [0.5, 0.6) is 5.75 Å². The molecule has 1 fully saturated rings. The lowest BCUT2D eigenvalue weighted by molar-refractivity contribution is -0.122. The van der Waals surface area contributed by atoms with E-state index in [2.05, 4.69) is 5.32 Å². The maximum atomic E-state index is 12.1. The molecule has 1 aromatic carbocycles. The molecule has 2 N–H and O–H groups in total. The summed E-state index contributed by atoms with van der Waals surface area (Å²) in [5.41, 5.74) is 0.950. The average molecular weight is 308 g/mol. The van der Waals surface area contributed by atoms with Crippen molar-refractivity contribution in [2.24, 2.45) is 5.92 Å². The fourth-order valence-corrected chi connectivity index (χ4v) is 2.51. The Balaban J connectivity index is 1.82. The lowest BCUT2D eigenvalue weighted by Gasteiger charge is -2.21. The van der Waals surface area contributed by atoms with Gasteiger partial charge in [-0.15, -0.1) is 0 Å². The van der Waals surface area contributed by atoms with E-state index in [-0.39, 0.29) is 18.4 Å². The zero-order chi connectivity index (χ0) is 15.8. The van der Waals surface area contributed by atoms with E-state index >= 15 is 0 Å². The summed E-state index contributed by atoms with van der Waals surface area (Å²) in [7, 11) is 1.62. The molecule has 6 nitrogen and oxygen atoms in total. The van der Waals surface area contributed by atoms with Gasteiger partial charge in [0.15, 0.2) is 0 Å². The topological polar surface area (TPSA) is 71.0 Å². The van der Waals surface area contributed by atoms with E-state index < -0.39 is 0 Å². The van der Waals surface area contributed by atoms with Crippen molar-refractivity contribution in [3.8, 4) is 5.75 Å². The van der Waals surface area contributed by atoms with E-state index in [0.717, 1.165) is 11.3 Å². The summed E-state index contributed by atoms with van der Waals surface area (Å²) >= 11 is 0. The Hall–Kier alpha value is -1.63. The van der Waals surface area contributed by atoms with Crippen molar-refractivity contribution in [2.45, 2.75) is 6.54 Å². The molecule has 0 spiro atoms. The van der Waals surface area contributed by atoms with Gasteiger partial charge in [-0.3, -0.25) is 9.69 Å². The van der Waals surface area contributed by atoms with Gasteiger partial charge in [0.25, 0.3) is 0 Å². The van der Waals surface area contributed by atoms with Gasteiger partial charge >= 0.3 is 0 Å². The highest BCUT2D eigenvalue weighted by Gasteiger charge is 2.19. The van der Waals surface area contributed by atoms with E-state index in [9.17, 15) is 9.90 Å². The Morgan fingerprint density at radius 3 is 3.09 bits per heavy atom. The van der Waals surface area contributed by atoms with Crippen LogP contribution in [0.4, 0.5) is 0 Å². The Labute approximate surface area is 131 Å². The van der Waals surface area contributed by atoms with E-state index in [1.54, 1.807) is 7.11 Å². The van der Waals surface area contributed by atoms with Crippen LogP contribution in [0.1, 0.15) is 5.56 Å². The molecule has 1 saturated heterocycles. The monoisotopic (exact) mass is 308 g/mol. The third-order valence-electron chi connectivity index (χ3n) is 3.72. The first-order valence-electron chi connectivity index (χ1n) is 7.52. The first-order chi connectivity index (χ1) is 10.7. The number of hydrogen-bond acceptors (Lipinski definition) is 5. The number of ether oxygens (including phenoxy) is 2. The second-order valence-corrected chi connectivity index (χ2v) is 5.45. The molecule has 1 unspecified atom stereocenters. The predicted molar refractivity (Wildman–Crippen MR) is 82.7 cm³/mol. The quantitative estimate of drug-likeness (QED) is 0.788. The minimum Gasteiger partial charge on any atom is -0.496 e. The van der Waals surface area contributed by atoms with Gasteiger partial charge in [-0.05, 0) is 6.07 Å². The Morgan fingerprint density at radius 1 is 1.50 bits per heavy atom. The van der Waals surface area contributed by atoms with Crippen LogP contribution < -0.4 is 10.1 Å². The van der Waals surface area contributed by atoms with Gasteiger partial charge in [0.05, 0.1) is 26.9 Å². The van der Waals surface area contributed by atoms with Crippen molar-refractivity contribution < 1.29 is 19.4 Å². The Bertz CT molecular complexity index is 481. The minimum absolute atomic E-state index is 0.0375. The van der Waals surface area contributed by atoms with E-state index in [1.807, 2.05) is 29.2 Å². The normalized spacial score (nSPS) is 19.5. The van der Waals surface area contributed by atoms with Crippen LogP contribution in [0.3, 0.4) is 0 Å². The summed E-state index contributed by atoms with van der Waals surface area (Å²) in [5, 5.41) is 12.2. The summed E-state index contributed by atoms with van der Waals surface area (Å²) in [5.74, 6) is 0.806. The van der Waals surface area contributed by atoms with Crippen molar-refractivity contribution in [1.29, 1.82) is 0 Å². The standard InChI is InChI=1S/C16H24N2O4/c1-21-15-5-3-2-4-14(15)8-17-16(20)10-18-6-7-22-12-13(9-18)11-19/h2-5,13,19H,6-12H2,1H3,(H,17,20). The van der Waals surface area contributed by atoms with Crippen molar-refractivity contribution in [3.63, 3.8) is 0 Å². The van der Waals surface area contributed by atoms with E-state index in [4.69, 9.17) is 9.47 Å². The Kier molecular flexibility index (Phi) is 6.64. The van der Waals surface area contributed by atoms with Gasteiger partial charge in [0, 0.05) is 37.7 Å². The van der Waals surface area contributed by atoms with Crippen LogP contribution in [0.2, 0.25) is 0 Å². The lowest BCUT2D eigenvalue weighted by Crippen LogP contribution is -2.40. The van der Waals surface area contributed by atoms with Crippen molar-refractivity contribution in [1.82, 2.24) is 10.2 Å². The lowest BCUT2D eigenvalue weighted by atomic mass is 10.1. The van der Waals surface area contributed by atoms with Crippen molar-refractivity contribution >= 4 is 5.91 Å². The number of aliphatic hydroxyl groups excluding tert-OH is 1. The van der Waals surface area contributed by atoms with Gasteiger partial charge < -0.3 is 19.9 Å². The number of hydrogen-bond donors (Lipinski definition) is 2. The molecule has 0 aromatic heterocycles. The molecule has 1 atom stereocenters. The molecule has 1 aliphatic heterocycles. The summed E-state index contributed by atoms with van der Waals surface area (Å²) in [6.45, 7) is 3.37. The zero-order valence-corrected chi connectivity index (χ0v) is 13.0. The number of nitrogens with zero attached hydrogens (tertiary/aromatic N) is 1. The predicted octanol–water partition coefficient (Wildman–Crippen LogP) is 0.252. The summed E-state index contributed by atoms with van der Waals surface area (Å²) in [4.78, 5) is 14.1. The van der Waals surface area contributed by atoms with Crippen molar-refractivity contribution in [3.05, 3.63) is 29.8 Å². The van der Waals surface area contributed by atoms with Gasteiger partial charge in [0.1, 0.15) is 5.75 Å². The first kappa shape index (κ1) is 16.7. The summed E-state index contributed by atoms with van der Waals surface area (Å²) in [6, 6.07) is 7.62. The highest BCUT2D eigenvalue weighted by molar-refractivity contribution is 5.78. The van der Waals surface area contributed by atoms with Crippen molar-refractivity contribution in [2.75, 3.05) is 46.6 Å². The molecule has 1 aromatic rings. The molecule has 0 aliphatic carbocycles. The number of aliphatic hydroxyl groups is 1. The number of benzene rings is 1. The third kappa shape index (κ3) is 4.98. The maximum Gasteiger partial charge on any atom is 0.234 e. The smallest absolute Gasteiger partial charge is 0.234 e. The maximum absolute atomic E-state index is 12.1. The first-order valence-corrected chi connectivity index (χ1v) is 7.52. The molecule has 2 rings (SSSR count). The number of rotatable bonds is 6. The molecule has 122 valence electrons. The molecule has 1 heterocycles. The van der Waals surface area contributed by atoms with Gasteiger partial charge in [0.2, 0.25) is 5.91 Å². The zero-order valence-electron chi connectivity index (χ0n) is 13.0. The molecule has 0 saturated carbocycles. The van der Waals surface area contributed by atoms with Gasteiger partial charge in [-0.25, -0.2) is 0 Å². The van der Waals surface area contributed by atoms with Crippen LogP contribution >= 0.6 is 0 Å². The number of amides is 1. The number of para-hydroxylation sites is 1. The number of nitrogens with one attached hydrogen (secondary N) is 1. The second-order valence-electron chi connectivity index (χ2n) is 5.45. The van der Waals surface area contributed by atoms with E-state index in [1.165, 1.54) is 0 Å². The molecule has 1 amide bonds. The van der Waals surface area contributed by atoms with Crippen LogP contribution in [-0.4, -0.2) is 62.5 Å². The highest BCUT2D eigenvalue weighted by Crippen LogP contribution is 2.16. The van der Waals surface area contributed by atoms with Crippen LogP contribution in [-0.2, 0) is 16.1 Å². The fourth-order valence-electron chi connectivity index (χ4n) is 2.51. The third-order valence-corrected chi connectivity index (χ3v) is 3.72. The highest BCUT2D eigenvalue weighted by atomic mass is 16.5. The molecule has 0 bridgehead atoms. The number of carbonyl (C=O) groups is 1. The van der Waals surface area contributed by atoms with Gasteiger partial charge in [-0.1, -0.05) is 18.2 Å². The molecule has 1 aliphatic rings. The van der Waals surface area contributed by atoms with Crippen LogP contribution in [0, 0.1) is 5.92 Å². The molecule has 6 heteroatoms. The molecule has 22 heavy (non-hydrogen) atoms. The van der Waals surface area contributed by atoms with E-state index in [0.29, 0.717) is 39.4 Å². The average Bonchev–Trinajstić information content (AvgIpc) is 2.78. The summed E-state index contributed by atoms with van der Waals surface area (Å²) < 4.78 is 10.7. The van der Waals surface area contributed by atoms with Gasteiger partial charge in [-0.2, -0.15) is 0 Å². The SMILES string of the molecule is COc1ccccc1CNC(=O)CN1CCOCC(CO)C1. The second kappa shape index (κ2) is 8.73. The Morgan fingerprint density at radius 2 is 2.32 bits per heavy atom. The minimum atomic E-state index is -0.0375. The van der Waals surface area contributed by atoms with Crippen LogP contribution in [0.25, 0.3) is 0 Å². The molecule has 0 radical (unpaired) electrons. The summed E-state index contributed by atoms with van der Waals surface area (Å²) in [6.07, 6.45) is 0. The fraction of sp³-hybridized carbons (Fsp3) is 0.562.